The van der Waals surface area contributed by atoms with E-state index in [9.17, 15) is 15.0 Å². The molecule has 0 unspecified atom stereocenters. The van der Waals surface area contributed by atoms with Crippen LogP contribution in [0.25, 0.3) is 0 Å². The SMILES string of the molecule is CC(C)=CCC[C@@H](C)CCC=C(O)[C@@H]1[C@@H]2CC(CCOCC=O)=C[C@@H]2C[C@H]1O. The Bertz CT molecular complexity index is 585. The Kier molecular flexibility index (Phi) is 9.46. The fraction of sp³-hybridized carbons (Fsp3) is 0.708. The Balaban J connectivity index is 1.79. The van der Waals surface area contributed by atoms with E-state index in [0.29, 0.717) is 30.1 Å². The molecular formula is C24H38O4. The van der Waals surface area contributed by atoms with Gasteiger partial charge in [-0.25, -0.2) is 0 Å². The van der Waals surface area contributed by atoms with E-state index in [1.54, 1.807) is 0 Å². The van der Waals surface area contributed by atoms with E-state index in [2.05, 4.69) is 32.9 Å². The van der Waals surface area contributed by atoms with E-state index in [1.165, 1.54) is 17.6 Å². The van der Waals surface area contributed by atoms with Gasteiger partial charge >= 0.3 is 0 Å². The van der Waals surface area contributed by atoms with Gasteiger partial charge in [0.05, 0.1) is 18.5 Å². The molecule has 0 aliphatic heterocycles. The lowest BCUT2D eigenvalue weighted by Gasteiger charge is -2.21. The number of ether oxygens (including phenoxy) is 1. The molecule has 1 saturated carbocycles. The smallest absolute Gasteiger partial charge is 0.145 e. The molecule has 0 bridgehead atoms. The molecule has 4 heteroatoms. The van der Waals surface area contributed by atoms with Crippen LogP contribution in [0.1, 0.15) is 65.7 Å². The summed E-state index contributed by atoms with van der Waals surface area (Å²) in [6, 6.07) is 0. The molecule has 0 saturated heterocycles. The summed E-state index contributed by atoms with van der Waals surface area (Å²) in [6.07, 6.45) is 13.5. The van der Waals surface area contributed by atoms with Crippen molar-refractivity contribution in [3.05, 3.63) is 35.1 Å². The quantitative estimate of drug-likeness (QED) is 0.210. The number of aliphatic hydroxyl groups excluding tert-OH is 2. The number of carbonyl (C=O) groups is 1. The largest absolute Gasteiger partial charge is 0.512 e. The molecule has 5 atom stereocenters. The first kappa shape index (κ1) is 22.9. The number of fused-ring (bicyclic) bond motifs is 1. The molecule has 28 heavy (non-hydrogen) atoms. The molecule has 2 aliphatic carbocycles. The van der Waals surface area contributed by atoms with Crippen LogP contribution in [-0.2, 0) is 9.53 Å². The van der Waals surface area contributed by atoms with E-state index in [0.717, 1.165) is 44.8 Å². The Morgan fingerprint density at radius 3 is 2.68 bits per heavy atom. The number of hydrogen-bond acceptors (Lipinski definition) is 4. The predicted molar refractivity (Wildman–Crippen MR) is 113 cm³/mol. The first-order valence-electron chi connectivity index (χ1n) is 10.8. The molecule has 4 nitrogen and oxygen atoms in total. The molecule has 0 amide bonds. The van der Waals surface area contributed by atoms with Gasteiger partial charge in [-0.05, 0) is 82.6 Å². The molecule has 1 fully saturated rings. The van der Waals surface area contributed by atoms with Gasteiger partial charge in [-0.15, -0.1) is 0 Å². The number of aldehydes is 1. The standard InChI is InChI=1S/C24H38O4/c1-17(2)6-4-7-18(3)8-5-9-22(26)24-21-15-19(10-12-28-13-11-25)14-20(21)16-23(24)27/h6,9,11,14,18,20-21,23-24,26-27H,4-5,7-8,10,12-13,15-16H2,1-3H3/t18-,20-,21-,23-,24+/m1/s1. The number of aliphatic hydroxyl groups is 2. The van der Waals surface area contributed by atoms with Crippen LogP contribution in [0.2, 0.25) is 0 Å². The minimum atomic E-state index is -0.453. The summed E-state index contributed by atoms with van der Waals surface area (Å²) in [6.45, 7) is 7.24. The second-order valence-corrected chi connectivity index (χ2v) is 8.85. The van der Waals surface area contributed by atoms with Gasteiger partial charge in [-0.2, -0.15) is 0 Å². The van der Waals surface area contributed by atoms with Gasteiger partial charge in [-0.1, -0.05) is 30.2 Å². The summed E-state index contributed by atoms with van der Waals surface area (Å²) in [5.74, 6) is 1.51. The van der Waals surface area contributed by atoms with Crippen LogP contribution in [0.5, 0.6) is 0 Å². The van der Waals surface area contributed by atoms with Crippen molar-refractivity contribution in [2.75, 3.05) is 13.2 Å². The zero-order valence-electron chi connectivity index (χ0n) is 17.8. The zero-order valence-corrected chi connectivity index (χ0v) is 17.8. The second-order valence-electron chi connectivity index (χ2n) is 8.85. The Morgan fingerprint density at radius 1 is 1.29 bits per heavy atom. The van der Waals surface area contributed by atoms with E-state index < -0.39 is 6.10 Å². The van der Waals surface area contributed by atoms with E-state index in [1.807, 2.05) is 6.08 Å². The highest BCUT2D eigenvalue weighted by molar-refractivity contribution is 5.50. The van der Waals surface area contributed by atoms with Gasteiger partial charge in [0, 0.05) is 5.92 Å². The molecule has 158 valence electrons. The van der Waals surface area contributed by atoms with Crippen molar-refractivity contribution in [3.63, 3.8) is 0 Å². The molecule has 2 rings (SSSR count). The molecule has 2 aliphatic rings. The van der Waals surface area contributed by atoms with Gasteiger partial charge in [0.25, 0.3) is 0 Å². The maximum absolute atomic E-state index is 10.7. The first-order valence-corrected chi connectivity index (χ1v) is 10.8. The molecule has 0 aromatic carbocycles. The molecule has 0 spiro atoms. The van der Waals surface area contributed by atoms with Crippen molar-refractivity contribution in [1.29, 1.82) is 0 Å². The van der Waals surface area contributed by atoms with Crippen LogP contribution in [0, 0.1) is 23.7 Å². The van der Waals surface area contributed by atoms with Gasteiger partial charge in [0.2, 0.25) is 0 Å². The summed E-state index contributed by atoms with van der Waals surface area (Å²) in [5, 5.41) is 21.1. The highest BCUT2D eigenvalue weighted by atomic mass is 16.5. The highest BCUT2D eigenvalue weighted by Crippen LogP contribution is 2.49. The number of carbonyl (C=O) groups excluding carboxylic acids is 1. The lowest BCUT2D eigenvalue weighted by molar-refractivity contribution is -0.111. The first-order chi connectivity index (χ1) is 13.4. The monoisotopic (exact) mass is 390 g/mol. The van der Waals surface area contributed by atoms with Gasteiger partial charge < -0.3 is 19.7 Å². The summed E-state index contributed by atoms with van der Waals surface area (Å²) in [7, 11) is 0. The van der Waals surface area contributed by atoms with Gasteiger partial charge in [0.1, 0.15) is 12.9 Å². The Hall–Kier alpha value is -1.39. The summed E-state index contributed by atoms with van der Waals surface area (Å²) >= 11 is 0. The van der Waals surface area contributed by atoms with Crippen molar-refractivity contribution >= 4 is 6.29 Å². The normalized spacial score (nSPS) is 28.0. The fourth-order valence-electron chi connectivity index (χ4n) is 4.68. The van der Waals surface area contributed by atoms with Crippen LogP contribution in [-0.4, -0.2) is 35.8 Å². The Labute approximate surface area is 170 Å². The van der Waals surface area contributed by atoms with Crippen molar-refractivity contribution < 1.29 is 19.7 Å². The van der Waals surface area contributed by atoms with Crippen LogP contribution in [0.15, 0.2) is 35.1 Å². The molecular weight excluding hydrogens is 352 g/mol. The van der Waals surface area contributed by atoms with Crippen LogP contribution >= 0.6 is 0 Å². The highest BCUT2D eigenvalue weighted by Gasteiger charge is 2.46. The van der Waals surface area contributed by atoms with Gasteiger partial charge in [0.15, 0.2) is 0 Å². The Morgan fingerprint density at radius 2 is 2.00 bits per heavy atom. The number of hydrogen-bond donors (Lipinski definition) is 2. The van der Waals surface area contributed by atoms with Crippen LogP contribution in [0.3, 0.4) is 0 Å². The molecule has 0 aromatic heterocycles. The van der Waals surface area contributed by atoms with E-state index >= 15 is 0 Å². The van der Waals surface area contributed by atoms with Crippen molar-refractivity contribution in [2.24, 2.45) is 23.7 Å². The molecule has 2 N–H and O–H groups in total. The average molecular weight is 391 g/mol. The van der Waals surface area contributed by atoms with Crippen LogP contribution in [0.4, 0.5) is 0 Å². The lowest BCUT2D eigenvalue weighted by Crippen LogP contribution is -2.22. The zero-order chi connectivity index (χ0) is 20.5. The molecule has 0 aromatic rings. The molecule has 0 radical (unpaired) electrons. The fourth-order valence-corrected chi connectivity index (χ4v) is 4.68. The third kappa shape index (κ3) is 6.89. The van der Waals surface area contributed by atoms with Crippen molar-refractivity contribution in [2.45, 2.75) is 71.8 Å². The van der Waals surface area contributed by atoms with Gasteiger partial charge in [-0.3, -0.25) is 0 Å². The molecule has 0 heterocycles. The van der Waals surface area contributed by atoms with E-state index in [4.69, 9.17) is 4.74 Å². The lowest BCUT2D eigenvalue weighted by atomic mass is 9.87. The predicted octanol–water partition coefficient (Wildman–Crippen LogP) is 5.14. The summed E-state index contributed by atoms with van der Waals surface area (Å²) < 4.78 is 5.26. The topological polar surface area (TPSA) is 66.8 Å². The summed E-state index contributed by atoms with van der Waals surface area (Å²) in [5.41, 5.74) is 2.70. The average Bonchev–Trinajstić information content (AvgIpc) is 3.14. The number of allylic oxidation sites excluding steroid dienone is 4. The van der Waals surface area contributed by atoms with Crippen molar-refractivity contribution in [1.82, 2.24) is 0 Å². The van der Waals surface area contributed by atoms with Crippen LogP contribution < -0.4 is 0 Å². The maximum atomic E-state index is 10.7. The third-order valence-electron chi connectivity index (χ3n) is 6.21. The minimum absolute atomic E-state index is 0.143. The summed E-state index contributed by atoms with van der Waals surface area (Å²) in [4.78, 5) is 10.3. The van der Waals surface area contributed by atoms with E-state index in [-0.39, 0.29) is 12.5 Å². The van der Waals surface area contributed by atoms with Crippen molar-refractivity contribution in [3.8, 4) is 0 Å². The minimum Gasteiger partial charge on any atom is -0.512 e. The third-order valence-corrected chi connectivity index (χ3v) is 6.21. The maximum Gasteiger partial charge on any atom is 0.145 e. The number of rotatable bonds is 12. The second kappa shape index (κ2) is 11.6.